The van der Waals surface area contributed by atoms with Gasteiger partial charge in [0.1, 0.15) is 12.2 Å². The van der Waals surface area contributed by atoms with Crippen LogP contribution in [0.2, 0.25) is 0 Å². The summed E-state index contributed by atoms with van der Waals surface area (Å²) in [6.45, 7) is 10.5. The second-order valence-corrected chi connectivity index (χ2v) is 4.09. The van der Waals surface area contributed by atoms with Gasteiger partial charge in [0.05, 0.1) is 0 Å². The molecule has 18 heavy (non-hydrogen) atoms. The Morgan fingerprint density at radius 2 is 1.72 bits per heavy atom. The van der Waals surface area contributed by atoms with E-state index in [0.29, 0.717) is 6.42 Å². The molecule has 0 heterocycles. The maximum atomic E-state index is 11.2. The summed E-state index contributed by atoms with van der Waals surface area (Å²) in [5.41, 5.74) is 0. The minimum Gasteiger partial charge on any atom is -0.459 e. The largest absolute Gasteiger partial charge is 0.459 e. The first-order valence-electron chi connectivity index (χ1n) is 6.19. The number of unbranched alkanes of at least 4 members (excludes halogenated alkanes) is 1. The molecule has 0 saturated heterocycles. The maximum Gasteiger partial charge on any atom is 0.330 e. The molecule has 0 aromatic heterocycles. The number of esters is 2. The lowest BCUT2D eigenvalue weighted by molar-refractivity contribution is -0.148. The van der Waals surface area contributed by atoms with Crippen molar-refractivity contribution in [1.29, 1.82) is 0 Å². The lowest BCUT2D eigenvalue weighted by Gasteiger charge is -2.20. The lowest BCUT2D eigenvalue weighted by Crippen LogP contribution is -2.24. The van der Waals surface area contributed by atoms with E-state index < -0.39 is 11.9 Å². The number of hydrogen-bond donors (Lipinski definition) is 0. The number of carbonyl (C=O) groups is 2. The molecule has 4 nitrogen and oxygen atoms in total. The van der Waals surface area contributed by atoms with Gasteiger partial charge in [0.2, 0.25) is 0 Å². The Balaban J connectivity index is 4.28. The molecule has 0 aliphatic rings. The zero-order valence-electron chi connectivity index (χ0n) is 11.2. The molecule has 0 fully saturated rings. The molecule has 0 rings (SSSR count). The molecule has 102 valence electrons. The summed E-state index contributed by atoms with van der Waals surface area (Å²) in [7, 11) is 0. The highest BCUT2D eigenvalue weighted by molar-refractivity contribution is 5.81. The molecule has 0 spiro atoms. The van der Waals surface area contributed by atoms with Gasteiger partial charge in [-0.05, 0) is 13.3 Å². The first-order valence-corrected chi connectivity index (χ1v) is 6.19. The van der Waals surface area contributed by atoms with Crippen molar-refractivity contribution < 1.29 is 19.1 Å². The van der Waals surface area contributed by atoms with E-state index in [1.165, 1.54) is 0 Å². The van der Waals surface area contributed by atoms with Crippen molar-refractivity contribution in [3.63, 3.8) is 0 Å². The fraction of sp³-hybridized carbons (Fsp3) is 0.571. The van der Waals surface area contributed by atoms with Gasteiger partial charge in [-0.15, -0.1) is 0 Å². The van der Waals surface area contributed by atoms with Crippen molar-refractivity contribution in [2.24, 2.45) is 0 Å². The van der Waals surface area contributed by atoms with E-state index in [1.807, 2.05) is 0 Å². The monoisotopic (exact) mass is 254 g/mol. The van der Waals surface area contributed by atoms with Crippen molar-refractivity contribution in [3.8, 4) is 0 Å². The van der Waals surface area contributed by atoms with Crippen LogP contribution < -0.4 is 0 Å². The standard InChI is InChI=1S/C14H22O4/c1-5-8-9-12(18-14(16)7-3)10-11(4)17-13(15)6-2/h6-7,11-12H,2-3,5,8-10H2,1,4H3. The van der Waals surface area contributed by atoms with Gasteiger partial charge in [0.15, 0.2) is 0 Å². The summed E-state index contributed by atoms with van der Waals surface area (Å²) in [6, 6.07) is 0. The van der Waals surface area contributed by atoms with Gasteiger partial charge in [-0.2, -0.15) is 0 Å². The fourth-order valence-corrected chi connectivity index (χ4v) is 1.53. The van der Waals surface area contributed by atoms with Crippen LogP contribution in [0.1, 0.15) is 39.5 Å². The summed E-state index contributed by atoms with van der Waals surface area (Å²) < 4.78 is 10.3. The van der Waals surface area contributed by atoms with Gasteiger partial charge >= 0.3 is 11.9 Å². The van der Waals surface area contributed by atoms with E-state index in [1.54, 1.807) is 6.92 Å². The zero-order chi connectivity index (χ0) is 14.0. The molecule has 0 amide bonds. The predicted molar refractivity (Wildman–Crippen MR) is 70.0 cm³/mol. The van der Waals surface area contributed by atoms with Gasteiger partial charge in [-0.1, -0.05) is 32.9 Å². The van der Waals surface area contributed by atoms with Crippen LogP contribution in [0.5, 0.6) is 0 Å². The van der Waals surface area contributed by atoms with Gasteiger partial charge in [-0.25, -0.2) is 9.59 Å². The third-order valence-electron chi connectivity index (χ3n) is 2.41. The number of carbonyl (C=O) groups excluding carboxylic acids is 2. The van der Waals surface area contributed by atoms with Gasteiger partial charge in [0, 0.05) is 18.6 Å². The molecular weight excluding hydrogens is 232 g/mol. The Kier molecular flexibility index (Phi) is 8.62. The topological polar surface area (TPSA) is 52.6 Å². The minimum absolute atomic E-state index is 0.247. The number of hydrogen-bond acceptors (Lipinski definition) is 4. The second-order valence-electron chi connectivity index (χ2n) is 4.09. The number of rotatable bonds is 9. The molecular formula is C14H22O4. The van der Waals surface area contributed by atoms with Crippen molar-refractivity contribution in [1.82, 2.24) is 0 Å². The summed E-state index contributed by atoms with van der Waals surface area (Å²) >= 11 is 0. The van der Waals surface area contributed by atoms with Crippen LogP contribution in [0, 0.1) is 0 Å². The van der Waals surface area contributed by atoms with E-state index in [-0.39, 0.29) is 12.2 Å². The normalized spacial score (nSPS) is 13.2. The highest BCUT2D eigenvalue weighted by Gasteiger charge is 2.18. The van der Waals surface area contributed by atoms with Gasteiger partial charge in [-0.3, -0.25) is 0 Å². The van der Waals surface area contributed by atoms with Crippen LogP contribution in [0.15, 0.2) is 25.3 Å². The van der Waals surface area contributed by atoms with Gasteiger partial charge < -0.3 is 9.47 Å². The Morgan fingerprint density at radius 1 is 1.17 bits per heavy atom. The molecule has 2 unspecified atom stereocenters. The second kappa shape index (κ2) is 9.45. The quantitative estimate of drug-likeness (QED) is 0.469. The average molecular weight is 254 g/mol. The van der Waals surface area contributed by atoms with Crippen LogP contribution in [0.25, 0.3) is 0 Å². The van der Waals surface area contributed by atoms with Crippen molar-refractivity contribution in [2.45, 2.75) is 51.7 Å². The minimum atomic E-state index is -0.466. The maximum absolute atomic E-state index is 11.2. The van der Waals surface area contributed by atoms with Crippen molar-refractivity contribution in [2.75, 3.05) is 0 Å². The zero-order valence-corrected chi connectivity index (χ0v) is 11.2. The third kappa shape index (κ3) is 7.65. The molecule has 0 bridgehead atoms. The molecule has 0 N–H and O–H groups in total. The van der Waals surface area contributed by atoms with E-state index in [0.717, 1.165) is 31.4 Å². The van der Waals surface area contributed by atoms with Crippen LogP contribution in [0.4, 0.5) is 0 Å². The molecule has 0 aromatic rings. The van der Waals surface area contributed by atoms with Crippen LogP contribution in [-0.4, -0.2) is 24.1 Å². The summed E-state index contributed by atoms with van der Waals surface area (Å²) in [6.07, 6.45) is 4.91. The highest BCUT2D eigenvalue weighted by Crippen LogP contribution is 2.14. The SMILES string of the molecule is C=CC(=O)OC(C)CC(CCCC)OC(=O)C=C. The predicted octanol–water partition coefficient (Wildman–Crippen LogP) is 2.78. The van der Waals surface area contributed by atoms with Crippen molar-refractivity contribution >= 4 is 11.9 Å². The van der Waals surface area contributed by atoms with Crippen LogP contribution >= 0.6 is 0 Å². The summed E-state index contributed by atoms with van der Waals surface area (Å²) in [5.74, 6) is -0.912. The average Bonchev–Trinajstić information content (AvgIpc) is 2.35. The summed E-state index contributed by atoms with van der Waals surface area (Å²) in [5, 5.41) is 0. The third-order valence-corrected chi connectivity index (χ3v) is 2.41. The Hall–Kier alpha value is -1.58. The fourth-order valence-electron chi connectivity index (χ4n) is 1.53. The van der Waals surface area contributed by atoms with Crippen molar-refractivity contribution in [3.05, 3.63) is 25.3 Å². The smallest absolute Gasteiger partial charge is 0.330 e. The Morgan fingerprint density at radius 3 is 2.22 bits per heavy atom. The molecule has 4 heteroatoms. The molecule has 0 aliphatic heterocycles. The summed E-state index contributed by atoms with van der Waals surface area (Å²) in [4.78, 5) is 22.2. The first-order chi connectivity index (χ1) is 8.53. The lowest BCUT2D eigenvalue weighted by atomic mass is 10.1. The first kappa shape index (κ1) is 16.4. The van der Waals surface area contributed by atoms with E-state index in [2.05, 4.69) is 20.1 Å². The Bertz CT molecular complexity index is 296. The highest BCUT2D eigenvalue weighted by atomic mass is 16.6. The Labute approximate surface area is 109 Å². The van der Waals surface area contributed by atoms with Crippen LogP contribution in [0.3, 0.4) is 0 Å². The van der Waals surface area contributed by atoms with Gasteiger partial charge in [0.25, 0.3) is 0 Å². The molecule has 0 saturated carbocycles. The van der Waals surface area contributed by atoms with E-state index >= 15 is 0 Å². The molecule has 0 aromatic carbocycles. The number of ether oxygens (including phenoxy) is 2. The molecule has 0 radical (unpaired) electrons. The van der Waals surface area contributed by atoms with E-state index in [4.69, 9.17) is 9.47 Å². The van der Waals surface area contributed by atoms with E-state index in [9.17, 15) is 9.59 Å². The molecule has 2 atom stereocenters. The molecule has 0 aliphatic carbocycles. The van der Waals surface area contributed by atoms with Crippen LogP contribution in [-0.2, 0) is 19.1 Å².